The second-order valence-corrected chi connectivity index (χ2v) is 7.07. The van der Waals surface area contributed by atoms with Crippen LogP contribution in [-0.2, 0) is 5.88 Å². The van der Waals surface area contributed by atoms with E-state index in [1.165, 1.54) is 31.7 Å². The van der Waals surface area contributed by atoms with Gasteiger partial charge >= 0.3 is 0 Å². The van der Waals surface area contributed by atoms with Gasteiger partial charge in [-0.25, -0.2) is 9.37 Å². The summed E-state index contributed by atoms with van der Waals surface area (Å²) in [7, 11) is 0. The summed E-state index contributed by atoms with van der Waals surface area (Å²) in [6.07, 6.45) is 5.19. The fourth-order valence-electron chi connectivity index (χ4n) is 3.25. The normalized spacial score (nSPS) is 19.2. The number of halogens is 3. The fourth-order valence-corrected chi connectivity index (χ4v) is 3.77. The minimum atomic E-state index is -0.266. The molecule has 1 aromatic heterocycles. The number of aromatic nitrogens is 2. The molecule has 0 amide bonds. The first-order chi connectivity index (χ1) is 9.69. The molecular weight excluding hydrogens is 343 g/mol. The molecule has 0 atom stereocenters. The third kappa shape index (κ3) is 2.08. The topological polar surface area (TPSA) is 17.8 Å². The Balaban J connectivity index is 1.93. The van der Waals surface area contributed by atoms with Gasteiger partial charge in [0.2, 0.25) is 0 Å². The lowest BCUT2D eigenvalue weighted by Gasteiger charge is -2.21. The van der Waals surface area contributed by atoms with Gasteiger partial charge in [0.15, 0.2) is 0 Å². The number of fused-ring (bicyclic) bond motifs is 1. The molecule has 4 rings (SSSR count). The minimum Gasteiger partial charge on any atom is -0.323 e. The predicted octanol–water partition coefficient (Wildman–Crippen LogP) is 5.04. The molecule has 0 unspecified atom stereocenters. The fraction of sp³-hybridized carbons (Fsp3) is 0.533. The molecule has 2 saturated carbocycles. The van der Waals surface area contributed by atoms with Crippen LogP contribution in [0.5, 0.6) is 0 Å². The van der Waals surface area contributed by atoms with Crippen molar-refractivity contribution in [3.8, 4) is 0 Å². The summed E-state index contributed by atoms with van der Waals surface area (Å²) in [5.74, 6) is 2.50. The maximum Gasteiger partial charge on any atom is 0.139 e. The van der Waals surface area contributed by atoms with Gasteiger partial charge in [-0.2, -0.15) is 0 Å². The Labute approximate surface area is 130 Å². The van der Waals surface area contributed by atoms with Gasteiger partial charge in [0.25, 0.3) is 0 Å². The van der Waals surface area contributed by atoms with Gasteiger partial charge < -0.3 is 4.57 Å². The van der Waals surface area contributed by atoms with Crippen molar-refractivity contribution in [1.29, 1.82) is 0 Å². The highest BCUT2D eigenvalue weighted by molar-refractivity contribution is 9.10. The molecule has 20 heavy (non-hydrogen) atoms. The molecule has 0 radical (unpaired) electrons. The number of hydrogen-bond acceptors (Lipinski definition) is 1. The van der Waals surface area contributed by atoms with E-state index in [4.69, 9.17) is 11.6 Å². The zero-order chi connectivity index (χ0) is 13.9. The Hall–Kier alpha value is -0.610. The van der Waals surface area contributed by atoms with Crippen molar-refractivity contribution in [3.05, 3.63) is 28.2 Å². The summed E-state index contributed by atoms with van der Waals surface area (Å²) in [5, 5.41) is 0. The van der Waals surface area contributed by atoms with Crippen LogP contribution in [-0.4, -0.2) is 9.55 Å². The first-order valence-electron chi connectivity index (χ1n) is 7.11. The number of nitrogens with zero attached hydrogens (tertiary/aromatic N) is 2. The van der Waals surface area contributed by atoms with Crippen molar-refractivity contribution < 1.29 is 4.39 Å². The highest BCUT2D eigenvalue weighted by atomic mass is 79.9. The van der Waals surface area contributed by atoms with Crippen LogP contribution in [0.25, 0.3) is 11.0 Å². The highest BCUT2D eigenvalue weighted by Gasteiger charge is 2.43. The molecule has 1 heterocycles. The zero-order valence-electron chi connectivity index (χ0n) is 11.0. The van der Waals surface area contributed by atoms with Crippen LogP contribution in [0.4, 0.5) is 4.39 Å². The Bertz CT molecular complexity index is 664. The van der Waals surface area contributed by atoms with Gasteiger partial charge in [-0.05, 0) is 59.5 Å². The third-order valence-electron chi connectivity index (χ3n) is 4.43. The highest BCUT2D eigenvalue weighted by Crippen LogP contribution is 2.53. The van der Waals surface area contributed by atoms with Gasteiger partial charge in [-0.1, -0.05) is 0 Å². The van der Waals surface area contributed by atoms with Gasteiger partial charge in [0.05, 0.1) is 21.4 Å². The average molecular weight is 358 g/mol. The van der Waals surface area contributed by atoms with E-state index in [-0.39, 0.29) is 5.82 Å². The van der Waals surface area contributed by atoms with Crippen molar-refractivity contribution >= 4 is 38.6 Å². The Morgan fingerprint density at radius 1 is 1.30 bits per heavy atom. The second-order valence-electron chi connectivity index (χ2n) is 5.95. The monoisotopic (exact) mass is 356 g/mol. The molecule has 106 valence electrons. The molecule has 0 bridgehead atoms. The largest absolute Gasteiger partial charge is 0.323 e. The molecule has 2 nitrogen and oxygen atoms in total. The van der Waals surface area contributed by atoms with Crippen molar-refractivity contribution in [3.63, 3.8) is 0 Å². The maximum absolute atomic E-state index is 13.7. The van der Waals surface area contributed by atoms with Gasteiger partial charge in [-0.3, -0.25) is 0 Å². The summed E-state index contributed by atoms with van der Waals surface area (Å²) >= 11 is 9.38. The molecule has 0 N–H and O–H groups in total. The standard InChI is InChI=1S/C15H15BrClFN2/c16-10-5-13-12(6-11(10)18)19-14(7-17)20(13)15(8-1-2-8)9-3-4-9/h5-6,8-9,15H,1-4,7H2. The molecule has 0 aliphatic heterocycles. The lowest BCUT2D eigenvalue weighted by Crippen LogP contribution is -2.16. The van der Waals surface area contributed by atoms with Crippen LogP contribution in [0.3, 0.4) is 0 Å². The number of rotatable bonds is 4. The van der Waals surface area contributed by atoms with E-state index in [0.29, 0.717) is 21.9 Å². The van der Waals surface area contributed by atoms with E-state index in [2.05, 4.69) is 25.5 Å². The quantitative estimate of drug-likeness (QED) is 0.701. The SMILES string of the molecule is Fc1cc2nc(CCl)n(C(C3CC3)C3CC3)c2cc1Br. The van der Waals surface area contributed by atoms with Gasteiger partial charge in [0, 0.05) is 12.1 Å². The second kappa shape index (κ2) is 4.70. The molecule has 0 spiro atoms. The predicted molar refractivity (Wildman–Crippen MR) is 81.4 cm³/mol. The first-order valence-corrected chi connectivity index (χ1v) is 8.43. The average Bonchev–Trinajstić information content (AvgIpc) is 3.31. The molecule has 0 saturated heterocycles. The molecule has 2 aliphatic carbocycles. The molecule has 2 fully saturated rings. The Morgan fingerprint density at radius 3 is 2.50 bits per heavy atom. The van der Waals surface area contributed by atoms with E-state index in [1.807, 2.05) is 6.07 Å². The molecular formula is C15H15BrClFN2. The van der Waals surface area contributed by atoms with E-state index >= 15 is 0 Å². The summed E-state index contributed by atoms with van der Waals surface area (Å²) < 4.78 is 16.5. The van der Waals surface area contributed by atoms with E-state index in [1.54, 1.807) is 0 Å². The van der Waals surface area contributed by atoms with Gasteiger partial charge in [-0.15, -0.1) is 11.6 Å². The Kier molecular flexibility index (Phi) is 3.08. The number of hydrogen-bond donors (Lipinski definition) is 0. The van der Waals surface area contributed by atoms with E-state index < -0.39 is 0 Å². The lowest BCUT2D eigenvalue weighted by atomic mass is 10.1. The van der Waals surface area contributed by atoms with Crippen molar-refractivity contribution in [2.75, 3.05) is 0 Å². The summed E-state index contributed by atoms with van der Waals surface area (Å²) in [4.78, 5) is 4.54. The molecule has 2 aliphatic rings. The summed E-state index contributed by atoms with van der Waals surface area (Å²) in [6.45, 7) is 0. The number of alkyl halides is 1. The number of imidazole rings is 1. The lowest BCUT2D eigenvalue weighted by molar-refractivity contribution is 0.396. The minimum absolute atomic E-state index is 0.266. The van der Waals surface area contributed by atoms with E-state index in [0.717, 1.165) is 23.2 Å². The van der Waals surface area contributed by atoms with Crippen molar-refractivity contribution in [2.24, 2.45) is 11.8 Å². The molecule has 2 aromatic rings. The molecule has 1 aromatic carbocycles. The zero-order valence-corrected chi connectivity index (χ0v) is 13.3. The maximum atomic E-state index is 13.7. The van der Waals surface area contributed by atoms with E-state index in [9.17, 15) is 4.39 Å². The van der Waals surface area contributed by atoms with Crippen LogP contribution >= 0.6 is 27.5 Å². The van der Waals surface area contributed by atoms with Crippen molar-refractivity contribution in [2.45, 2.75) is 37.6 Å². The van der Waals surface area contributed by atoms with Crippen LogP contribution in [0, 0.1) is 17.7 Å². The first kappa shape index (κ1) is 13.1. The summed E-state index contributed by atoms with van der Waals surface area (Å²) in [6, 6.07) is 3.86. The van der Waals surface area contributed by atoms with Crippen LogP contribution < -0.4 is 0 Å². The third-order valence-corrected chi connectivity index (χ3v) is 5.28. The Morgan fingerprint density at radius 2 is 1.95 bits per heavy atom. The van der Waals surface area contributed by atoms with Crippen LogP contribution in [0.1, 0.15) is 37.5 Å². The van der Waals surface area contributed by atoms with Crippen molar-refractivity contribution in [1.82, 2.24) is 9.55 Å². The molecule has 5 heteroatoms. The van der Waals surface area contributed by atoms with Gasteiger partial charge in [0.1, 0.15) is 11.6 Å². The van der Waals surface area contributed by atoms with Crippen LogP contribution in [0.2, 0.25) is 0 Å². The summed E-state index contributed by atoms with van der Waals surface area (Å²) in [5.41, 5.74) is 1.73. The number of benzene rings is 1. The van der Waals surface area contributed by atoms with Crippen LogP contribution in [0.15, 0.2) is 16.6 Å². The smallest absolute Gasteiger partial charge is 0.139 e.